The van der Waals surface area contributed by atoms with Crippen LogP contribution in [0.2, 0.25) is 5.02 Å². The summed E-state index contributed by atoms with van der Waals surface area (Å²) in [6.45, 7) is 4.50. The van der Waals surface area contributed by atoms with Gasteiger partial charge in [-0.3, -0.25) is 4.79 Å². The number of esters is 1. The van der Waals surface area contributed by atoms with Crippen LogP contribution in [0.25, 0.3) is 0 Å². The van der Waals surface area contributed by atoms with Gasteiger partial charge in [0.2, 0.25) is 0 Å². The lowest BCUT2D eigenvalue weighted by molar-refractivity contribution is -0.144. The molecule has 0 aromatic heterocycles. The molecular weight excluding hydrogens is 238 g/mol. The number of nitrogens with one attached hydrogen (secondary N) is 1. The van der Waals surface area contributed by atoms with Gasteiger partial charge in [0.1, 0.15) is 6.04 Å². The zero-order valence-corrected chi connectivity index (χ0v) is 11.1. The van der Waals surface area contributed by atoms with E-state index in [1.807, 2.05) is 38.1 Å². The van der Waals surface area contributed by atoms with E-state index in [4.69, 9.17) is 16.3 Å². The first-order valence-corrected chi connectivity index (χ1v) is 5.98. The number of rotatable bonds is 5. The first-order valence-electron chi connectivity index (χ1n) is 5.61. The Balaban J connectivity index is 2.64. The van der Waals surface area contributed by atoms with E-state index in [0.717, 1.165) is 5.56 Å². The van der Waals surface area contributed by atoms with Gasteiger partial charge in [0, 0.05) is 11.6 Å². The van der Waals surface area contributed by atoms with Crippen LogP contribution < -0.4 is 5.32 Å². The van der Waals surface area contributed by atoms with Gasteiger partial charge in [0.15, 0.2) is 0 Å². The molecule has 0 unspecified atom stereocenters. The molecular formula is C13H18ClNO2. The van der Waals surface area contributed by atoms with Crippen molar-refractivity contribution < 1.29 is 9.53 Å². The molecule has 4 heteroatoms. The number of benzene rings is 1. The topological polar surface area (TPSA) is 38.3 Å². The highest BCUT2D eigenvalue weighted by Crippen LogP contribution is 2.15. The van der Waals surface area contributed by atoms with Crippen LogP contribution >= 0.6 is 11.6 Å². The Morgan fingerprint density at radius 3 is 2.59 bits per heavy atom. The summed E-state index contributed by atoms with van der Waals surface area (Å²) < 4.78 is 4.76. The average Bonchev–Trinajstić information content (AvgIpc) is 2.30. The van der Waals surface area contributed by atoms with Gasteiger partial charge in [-0.25, -0.2) is 0 Å². The molecule has 3 nitrogen and oxygen atoms in total. The Bertz CT molecular complexity index is 379. The lowest BCUT2D eigenvalue weighted by Crippen LogP contribution is -2.41. The second-order valence-corrected chi connectivity index (χ2v) is 4.62. The highest BCUT2D eigenvalue weighted by atomic mass is 35.5. The van der Waals surface area contributed by atoms with E-state index in [0.29, 0.717) is 11.6 Å². The molecule has 1 N–H and O–H groups in total. The molecule has 0 amide bonds. The van der Waals surface area contributed by atoms with E-state index in [-0.39, 0.29) is 17.9 Å². The van der Waals surface area contributed by atoms with Crippen molar-refractivity contribution in [2.24, 2.45) is 5.92 Å². The monoisotopic (exact) mass is 255 g/mol. The molecule has 0 aliphatic carbocycles. The number of hydrogen-bond donors (Lipinski definition) is 1. The van der Waals surface area contributed by atoms with E-state index in [9.17, 15) is 4.79 Å². The number of ether oxygens (including phenoxy) is 1. The molecule has 1 aromatic rings. The van der Waals surface area contributed by atoms with Crippen molar-refractivity contribution in [3.05, 3.63) is 34.9 Å². The molecule has 94 valence electrons. The molecule has 0 saturated carbocycles. The fourth-order valence-electron chi connectivity index (χ4n) is 1.58. The van der Waals surface area contributed by atoms with E-state index in [1.54, 1.807) is 0 Å². The average molecular weight is 256 g/mol. The van der Waals surface area contributed by atoms with Crippen molar-refractivity contribution in [1.29, 1.82) is 0 Å². The Hall–Kier alpha value is -1.06. The maximum Gasteiger partial charge on any atom is 0.323 e. The number of carbonyl (C=O) groups excluding carboxylic acids is 1. The van der Waals surface area contributed by atoms with Gasteiger partial charge < -0.3 is 10.1 Å². The van der Waals surface area contributed by atoms with E-state index < -0.39 is 0 Å². The summed E-state index contributed by atoms with van der Waals surface area (Å²) in [6, 6.07) is 7.26. The van der Waals surface area contributed by atoms with Crippen LogP contribution in [0, 0.1) is 5.92 Å². The van der Waals surface area contributed by atoms with E-state index in [1.165, 1.54) is 7.11 Å². The van der Waals surface area contributed by atoms with Crippen LogP contribution in [0.4, 0.5) is 0 Å². The summed E-state index contributed by atoms with van der Waals surface area (Å²) >= 11 is 6.04. The van der Waals surface area contributed by atoms with Crippen molar-refractivity contribution in [1.82, 2.24) is 5.32 Å². The Kier molecular flexibility index (Phi) is 5.45. The van der Waals surface area contributed by atoms with Crippen molar-refractivity contribution in [2.75, 3.05) is 7.11 Å². The molecule has 0 aliphatic heterocycles. The molecule has 0 fully saturated rings. The van der Waals surface area contributed by atoms with Gasteiger partial charge in [-0.1, -0.05) is 43.6 Å². The quantitative estimate of drug-likeness (QED) is 0.822. The normalized spacial score (nSPS) is 12.5. The highest BCUT2D eigenvalue weighted by molar-refractivity contribution is 6.31. The molecule has 1 aromatic carbocycles. The zero-order chi connectivity index (χ0) is 12.8. The van der Waals surface area contributed by atoms with Crippen molar-refractivity contribution >= 4 is 17.6 Å². The third kappa shape index (κ3) is 4.02. The minimum absolute atomic E-state index is 0.171. The Labute approximate surface area is 107 Å². The van der Waals surface area contributed by atoms with Gasteiger partial charge in [-0.15, -0.1) is 0 Å². The van der Waals surface area contributed by atoms with Gasteiger partial charge >= 0.3 is 5.97 Å². The van der Waals surface area contributed by atoms with Crippen molar-refractivity contribution in [3.8, 4) is 0 Å². The molecule has 1 atom stereocenters. The smallest absolute Gasteiger partial charge is 0.323 e. The van der Waals surface area contributed by atoms with Gasteiger partial charge in [0.25, 0.3) is 0 Å². The van der Waals surface area contributed by atoms with Crippen LogP contribution in [0.15, 0.2) is 24.3 Å². The third-order valence-corrected chi connectivity index (χ3v) is 2.96. The molecule has 0 radical (unpaired) electrons. The number of carbonyl (C=O) groups is 1. The van der Waals surface area contributed by atoms with Gasteiger partial charge in [-0.05, 0) is 17.5 Å². The first-order chi connectivity index (χ1) is 8.06. The van der Waals surface area contributed by atoms with E-state index in [2.05, 4.69) is 5.32 Å². The minimum Gasteiger partial charge on any atom is -0.468 e. The highest BCUT2D eigenvalue weighted by Gasteiger charge is 2.22. The second kappa shape index (κ2) is 6.62. The van der Waals surface area contributed by atoms with Gasteiger partial charge in [0.05, 0.1) is 7.11 Å². The largest absolute Gasteiger partial charge is 0.468 e. The molecule has 0 heterocycles. The molecule has 0 saturated heterocycles. The number of hydrogen-bond acceptors (Lipinski definition) is 3. The third-order valence-electron chi connectivity index (χ3n) is 2.59. The van der Waals surface area contributed by atoms with Crippen LogP contribution in [0.5, 0.6) is 0 Å². The maximum atomic E-state index is 11.5. The summed E-state index contributed by atoms with van der Waals surface area (Å²) in [7, 11) is 1.40. The zero-order valence-electron chi connectivity index (χ0n) is 10.4. The summed E-state index contributed by atoms with van der Waals surface area (Å²) in [5.74, 6) is -0.0722. The lowest BCUT2D eigenvalue weighted by Gasteiger charge is -2.20. The molecule has 0 aliphatic rings. The number of halogens is 1. The van der Waals surface area contributed by atoms with Gasteiger partial charge in [-0.2, -0.15) is 0 Å². The number of methoxy groups -OCH3 is 1. The van der Waals surface area contributed by atoms with Crippen molar-refractivity contribution in [3.63, 3.8) is 0 Å². The van der Waals surface area contributed by atoms with Crippen LogP contribution in [0.1, 0.15) is 19.4 Å². The summed E-state index contributed by atoms with van der Waals surface area (Å²) in [6.07, 6.45) is 0. The predicted molar refractivity (Wildman–Crippen MR) is 68.9 cm³/mol. The maximum absolute atomic E-state index is 11.5. The summed E-state index contributed by atoms with van der Waals surface area (Å²) in [4.78, 5) is 11.5. The fourth-order valence-corrected chi connectivity index (χ4v) is 1.78. The van der Waals surface area contributed by atoms with Crippen LogP contribution in [-0.4, -0.2) is 19.1 Å². The molecule has 0 bridgehead atoms. The predicted octanol–water partition coefficient (Wildman–Crippen LogP) is 2.63. The van der Waals surface area contributed by atoms with Crippen molar-refractivity contribution in [2.45, 2.75) is 26.4 Å². The first kappa shape index (κ1) is 14.0. The SMILES string of the molecule is COC(=O)[C@H](NCc1ccccc1Cl)C(C)C. The molecule has 1 rings (SSSR count). The molecule has 0 spiro atoms. The second-order valence-electron chi connectivity index (χ2n) is 4.22. The lowest BCUT2D eigenvalue weighted by atomic mass is 10.0. The Morgan fingerprint density at radius 2 is 2.06 bits per heavy atom. The summed E-state index contributed by atoms with van der Waals surface area (Å²) in [5, 5.41) is 3.87. The van der Waals surface area contributed by atoms with E-state index >= 15 is 0 Å². The van der Waals surface area contributed by atoms with Crippen LogP contribution in [-0.2, 0) is 16.1 Å². The minimum atomic E-state index is -0.309. The molecule has 17 heavy (non-hydrogen) atoms. The fraction of sp³-hybridized carbons (Fsp3) is 0.462. The standard InChI is InChI=1S/C13H18ClNO2/c1-9(2)12(13(16)17-3)15-8-10-6-4-5-7-11(10)14/h4-7,9,12,15H,8H2,1-3H3/t12-/m1/s1. The summed E-state index contributed by atoms with van der Waals surface area (Å²) in [5.41, 5.74) is 0.976. The van der Waals surface area contributed by atoms with Crippen LogP contribution in [0.3, 0.4) is 0 Å². The Morgan fingerprint density at radius 1 is 1.41 bits per heavy atom.